The molecule has 1 aliphatic rings. The summed E-state index contributed by atoms with van der Waals surface area (Å²) in [4.78, 5) is 4.57. The van der Waals surface area contributed by atoms with Crippen molar-refractivity contribution < 1.29 is 8.42 Å². The van der Waals surface area contributed by atoms with Gasteiger partial charge in [0.15, 0.2) is 0 Å². The molecule has 0 aliphatic carbocycles. The van der Waals surface area contributed by atoms with Crippen LogP contribution in [0, 0.1) is 0 Å². The number of nitrogens with one attached hydrogen (secondary N) is 1. The summed E-state index contributed by atoms with van der Waals surface area (Å²) in [5, 5.41) is 4.52. The Hall–Kier alpha value is -1.99. The Morgan fingerprint density at radius 1 is 1.12 bits per heavy atom. The fraction of sp³-hybridized carbons (Fsp3) is 0.211. The molecule has 1 aliphatic heterocycles. The van der Waals surface area contributed by atoms with Gasteiger partial charge in [-0.15, -0.1) is 0 Å². The van der Waals surface area contributed by atoms with Crippen molar-refractivity contribution in [3.8, 4) is 0 Å². The lowest BCUT2D eigenvalue weighted by Crippen LogP contribution is -2.48. The number of piperazine rings is 1. The number of hydrogen-bond donors (Lipinski definition) is 1. The van der Waals surface area contributed by atoms with Crippen LogP contribution in [-0.2, 0) is 10.0 Å². The topological polar surface area (TPSA) is 62.3 Å². The van der Waals surface area contributed by atoms with E-state index in [1.165, 1.54) is 0 Å². The maximum atomic E-state index is 13.5. The normalized spacial score (nSPS) is 18.9. The average Bonchev–Trinajstić information content (AvgIpc) is 2.67. The fourth-order valence-corrected chi connectivity index (χ4v) is 5.41. The Bertz CT molecular complexity index is 1050. The Morgan fingerprint density at radius 2 is 1.96 bits per heavy atom. The first-order valence-electron chi connectivity index (χ1n) is 8.39. The van der Waals surface area contributed by atoms with Crippen LogP contribution in [0.1, 0.15) is 11.6 Å². The number of halogens is 1. The van der Waals surface area contributed by atoms with E-state index in [1.807, 2.05) is 24.3 Å². The summed E-state index contributed by atoms with van der Waals surface area (Å²) in [5.41, 5.74) is 1.55. The summed E-state index contributed by atoms with van der Waals surface area (Å²) in [7, 11) is -3.69. The third-order valence-corrected chi connectivity index (χ3v) is 6.82. The van der Waals surface area contributed by atoms with Crippen LogP contribution in [-0.4, -0.2) is 37.3 Å². The maximum Gasteiger partial charge on any atom is 0.244 e. The molecule has 0 bridgehead atoms. The molecule has 4 rings (SSSR count). The predicted octanol–water partition coefficient (Wildman–Crippen LogP) is 3.22. The van der Waals surface area contributed by atoms with Gasteiger partial charge in [-0.1, -0.05) is 29.8 Å². The Balaban J connectivity index is 1.82. The third-order valence-electron chi connectivity index (χ3n) is 4.62. The van der Waals surface area contributed by atoms with Gasteiger partial charge < -0.3 is 5.32 Å². The molecule has 0 radical (unpaired) electrons. The fourth-order valence-electron chi connectivity index (χ4n) is 3.40. The van der Waals surface area contributed by atoms with Gasteiger partial charge in [0.1, 0.15) is 0 Å². The van der Waals surface area contributed by atoms with E-state index in [2.05, 4.69) is 10.3 Å². The first-order chi connectivity index (χ1) is 12.6. The van der Waals surface area contributed by atoms with E-state index in [0.717, 1.165) is 5.56 Å². The summed E-state index contributed by atoms with van der Waals surface area (Å²) in [6, 6.07) is 15.8. The van der Waals surface area contributed by atoms with Crippen LogP contribution in [0.3, 0.4) is 0 Å². The second-order valence-corrected chi connectivity index (χ2v) is 8.51. The number of nitrogens with zero attached hydrogens (tertiary/aromatic N) is 2. The van der Waals surface area contributed by atoms with Crippen molar-refractivity contribution in [2.24, 2.45) is 0 Å². The first kappa shape index (κ1) is 17.4. The van der Waals surface area contributed by atoms with Crippen molar-refractivity contribution in [3.05, 3.63) is 71.4 Å². The molecule has 0 spiro atoms. The largest absolute Gasteiger partial charge is 0.313 e. The van der Waals surface area contributed by atoms with Crippen molar-refractivity contribution in [2.75, 3.05) is 19.6 Å². The van der Waals surface area contributed by atoms with Gasteiger partial charge in [0.2, 0.25) is 10.0 Å². The summed E-state index contributed by atoms with van der Waals surface area (Å²) in [5.74, 6) is 0. The van der Waals surface area contributed by atoms with E-state index in [0.29, 0.717) is 35.6 Å². The molecule has 1 atom stereocenters. The van der Waals surface area contributed by atoms with Crippen LogP contribution in [0.15, 0.2) is 65.7 Å². The number of hydrogen-bond acceptors (Lipinski definition) is 4. The zero-order valence-electron chi connectivity index (χ0n) is 14.0. The van der Waals surface area contributed by atoms with Gasteiger partial charge in [-0.05, 0) is 42.0 Å². The zero-order chi connectivity index (χ0) is 18.1. The lowest BCUT2D eigenvalue weighted by molar-refractivity contribution is 0.272. The highest BCUT2D eigenvalue weighted by atomic mass is 35.5. The Morgan fingerprint density at radius 3 is 2.81 bits per heavy atom. The van der Waals surface area contributed by atoms with E-state index < -0.39 is 10.0 Å². The summed E-state index contributed by atoms with van der Waals surface area (Å²) >= 11 is 6.12. The van der Waals surface area contributed by atoms with Gasteiger partial charge >= 0.3 is 0 Å². The third kappa shape index (κ3) is 3.10. The molecule has 5 nitrogen and oxygen atoms in total. The molecule has 0 saturated carbocycles. The minimum atomic E-state index is -3.69. The van der Waals surface area contributed by atoms with E-state index in [-0.39, 0.29) is 10.9 Å². The van der Waals surface area contributed by atoms with Crippen LogP contribution in [0.4, 0.5) is 0 Å². The van der Waals surface area contributed by atoms with E-state index in [9.17, 15) is 8.42 Å². The van der Waals surface area contributed by atoms with E-state index in [1.54, 1.807) is 40.8 Å². The van der Waals surface area contributed by atoms with Crippen molar-refractivity contribution in [2.45, 2.75) is 10.9 Å². The number of pyridine rings is 1. The molecular formula is C19H18ClN3O2S. The summed E-state index contributed by atoms with van der Waals surface area (Å²) < 4.78 is 28.6. The number of sulfonamides is 1. The second kappa shape index (κ2) is 6.96. The second-order valence-electron chi connectivity index (χ2n) is 6.22. The lowest BCUT2D eigenvalue weighted by Gasteiger charge is -2.35. The van der Waals surface area contributed by atoms with Crippen LogP contribution < -0.4 is 5.32 Å². The molecule has 1 aromatic heterocycles. The molecule has 2 aromatic carbocycles. The first-order valence-corrected chi connectivity index (χ1v) is 10.2. The molecule has 0 amide bonds. The highest BCUT2D eigenvalue weighted by molar-refractivity contribution is 7.89. The van der Waals surface area contributed by atoms with Crippen molar-refractivity contribution in [1.82, 2.24) is 14.6 Å². The standard InChI is InChI=1S/C19H18ClN3O2S/c20-15-5-1-4-14(12-15)18-13-21-10-11-23(18)26(24,25)19-8-2-7-17-16(19)6-3-9-22-17/h1-9,12,18,21H,10-11,13H2. The van der Waals surface area contributed by atoms with Crippen LogP contribution in [0.2, 0.25) is 5.02 Å². The monoisotopic (exact) mass is 387 g/mol. The minimum Gasteiger partial charge on any atom is -0.313 e. The van der Waals surface area contributed by atoms with Gasteiger partial charge in [-0.3, -0.25) is 4.98 Å². The summed E-state index contributed by atoms with van der Waals surface area (Å²) in [6.07, 6.45) is 1.66. The summed E-state index contributed by atoms with van der Waals surface area (Å²) in [6.45, 7) is 1.55. The van der Waals surface area contributed by atoms with E-state index >= 15 is 0 Å². The van der Waals surface area contributed by atoms with Crippen LogP contribution >= 0.6 is 11.6 Å². The maximum absolute atomic E-state index is 13.5. The zero-order valence-corrected chi connectivity index (χ0v) is 15.5. The molecule has 7 heteroatoms. The Labute approximate surface area is 157 Å². The van der Waals surface area contributed by atoms with Gasteiger partial charge in [0.05, 0.1) is 16.5 Å². The van der Waals surface area contributed by atoms with Crippen LogP contribution in [0.5, 0.6) is 0 Å². The molecule has 1 unspecified atom stereocenters. The number of aromatic nitrogens is 1. The van der Waals surface area contributed by atoms with Crippen LogP contribution in [0.25, 0.3) is 10.9 Å². The molecule has 3 aromatic rings. The van der Waals surface area contributed by atoms with Gasteiger partial charge in [0, 0.05) is 36.2 Å². The van der Waals surface area contributed by atoms with Gasteiger partial charge in [-0.25, -0.2) is 8.42 Å². The smallest absolute Gasteiger partial charge is 0.244 e. The SMILES string of the molecule is O=S(=O)(c1cccc2ncccc12)N1CCNCC1c1cccc(Cl)c1. The molecule has 1 saturated heterocycles. The van der Waals surface area contributed by atoms with Crippen molar-refractivity contribution >= 4 is 32.5 Å². The van der Waals surface area contributed by atoms with Crippen molar-refractivity contribution in [3.63, 3.8) is 0 Å². The Kier molecular flexibility index (Phi) is 4.67. The minimum absolute atomic E-state index is 0.289. The lowest BCUT2D eigenvalue weighted by atomic mass is 10.1. The predicted molar refractivity (Wildman–Crippen MR) is 103 cm³/mol. The molecule has 1 fully saturated rings. The molecular weight excluding hydrogens is 370 g/mol. The molecule has 26 heavy (non-hydrogen) atoms. The number of fused-ring (bicyclic) bond motifs is 1. The van der Waals surface area contributed by atoms with Crippen molar-refractivity contribution in [1.29, 1.82) is 0 Å². The molecule has 2 heterocycles. The molecule has 1 N–H and O–H groups in total. The average molecular weight is 388 g/mol. The van der Waals surface area contributed by atoms with Gasteiger partial charge in [-0.2, -0.15) is 4.31 Å². The quantitative estimate of drug-likeness (QED) is 0.749. The highest BCUT2D eigenvalue weighted by Gasteiger charge is 2.35. The van der Waals surface area contributed by atoms with E-state index in [4.69, 9.17) is 11.6 Å². The highest BCUT2D eigenvalue weighted by Crippen LogP contribution is 2.32. The molecule has 134 valence electrons. The number of rotatable bonds is 3. The number of benzene rings is 2. The van der Waals surface area contributed by atoms with Gasteiger partial charge in [0.25, 0.3) is 0 Å².